The van der Waals surface area contributed by atoms with Gasteiger partial charge in [0.15, 0.2) is 0 Å². The van der Waals surface area contributed by atoms with Crippen molar-refractivity contribution in [3.63, 3.8) is 0 Å². The van der Waals surface area contributed by atoms with Crippen molar-refractivity contribution in [3.8, 4) is 0 Å². The van der Waals surface area contributed by atoms with Crippen molar-refractivity contribution in [2.24, 2.45) is 0 Å². The molecule has 0 saturated carbocycles. The number of aryl methyl sites for hydroxylation is 3. The summed E-state index contributed by atoms with van der Waals surface area (Å²) < 4.78 is 0. The first kappa shape index (κ1) is 12.9. The Balaban J connectivity index is 2.15. The first-order chi connectivity index (χ1) is 8.56. The van der Waals surface area contributed by atoms with Crippen LogP contribution in [0.1, 0.15) is 36.0 Å². The SMILES string of the molecule is Cc1cc(C)c(NC2CCCNC(=O)C2)c(C)c1. The van der Waals surface area contributed by atoms with Gasteiger partial charge in [-0.2, -0.15) is 0 Å². The van der Waals surface area contributed by atoms with Gasteiger partial charge in [-0.05, 0) is 44.7 Å². The van der Waals surface area contributed by atoms with Gasteiger partial charge in [0.1, 0.15) is 0 Å². The molecule has 1 unspecified atom stereocenters. The molecule has 0 radical (unpaired) electrons. The predicted octanol–water partition coefficient (Wildman–Crippen LogP) is 2.69. The van der Waals surface area contributed by atoms with E-state index in [0.29, 0.717) is 6.42 Å². The number of carbonyl (C=O) groups excluding carboxylic acids is 1. The Morgan fingerprint density at radius 3 is 2.56 bits per heavy atom. The van der Waals surface area contributed by atoms with Crippen LogP contribution in [0.25, 0.3) is 0 Å². The molecule has 3 heteroatoms. The van der Waals surface area contributed by atoms with E-state index in [1.54, 1.807) is 0 Å². The minimum Gasteiger partial charge on any atom is -0.381 e. The van der Waals surface area contributed by atoms with Crippen molar-refractivity contribution >= 4 is 11.6 Å². The Morgan fingerprint density at radius 1 is 1.22 bits per heavy atom. The Bertz CT molecular complexity index is 431. The number of carbonyl (C=O) groups is 1. The van der Waals surface area contributed by atoms with Crippen LogP contribution in [0.4, 0.5) is 5.69 Å². The molecular weight excluding hydrogens is 224 g/mol. The first-order valence-corrected chi connectivity index (χ1v) is 6.67. The van der Waals surface area contributed by atoms with Gasteiger partial charge >= 0.3 is 0 Å². The lowest BCUT2D eigenvalue weighted by molar-refractivity contribution is -0.120. The molecule has 0 aromatic heterocycles. The van der Waals surface area contributed by atoms with Gasteiger partial charge in [-0.1, -0.05) is 17.7 Å². The quantitative estimate of drug-likeness (QED) is 0.842. The van der Waals surface area contributed by atoms with Crippen LogP contribution in [-0.2, 0) is 4.79 Å². The number of amides is 1. The van der Waals surface area contributed by atoms with Crippen LogP contribution in [0.3, 0.4) is 0 Å². The summed E-state index contributed by atoms with van der Waals surface area (Å²) in [4.78, 5) is 11.6. The molecule has 1 aliphatic rings. The standard InChI is InChI=1S/C15H22N2O/c1-10-7-11(2)15(12(3)8-10)17-13-5-4-6-16-14(18)9-13/h7-8,13,17H,4-6,9H2,1-3H3,(H,16,18). The van der Waals surface area contributed by atoms with Gasteiger partial charge in [-0.3, -0.25) is 4.79 Å². The number of anilines is 1. The zero-order valence-electron chi connectivity index (χ0n) is 11.5. The Labute approximate surface area is 109 Å². The first-order valence-electron chi connectivity index (χ1n) is 6.67. The van der Waals surface area contributed by atoms with Crippen molar-refractivity contribution in [1.29, 1.82) is 0 Å². The molecule has 0 aliphatic carbocycles. The summed E-state index contributed by atoms with van der Waals surface area (Å²) in [6, 6.07) is 4.63. The Morgan fingerprint density at radius 2 is 1.89 bits per heavy atom. The van der Waals surface area contributed by atoms with Gasteiger partial charge in [-0.25, -0.2) is 0 Å². The van der Waals surface area contributed by atoms with E-state index >= 15 is 0 Å². The molecule has 3 nitrogen and oxygen atoms in total. The van der Waals surface area contributed by atoms with Crippen LogP contribution < -0.4 is 10.6 Å². The largest absolute Gasteiger partial charge is 0.381 e. The van der Waals surface area contributed by atoms with Crippen LogP contribution in [0.15, 0.2) is 12.1 Å². The minimum atomic E-state index is 0.160. The number of nitrogens with one attached hydrogen (secondary N) is 2. The van der Waals surface area contributed by atoms with Crippen molar-refractivity contribution in [2.75, 3.05) is 11.9 Å². The van der Waals surface area contributed by atoms with Gasteiger partial charge in [0, 0.05) is 24.7 Å². The van der Waals surface area contributed by atoms with E-state index in [-0.39, 0.29) is 11.9 Å². The molecule has 0 bridgehead atoms. The molecule has 1 aromatic rings. The van der Waals surface area contributed by atoms with Crippen LogP contribution in [0.5, 0.6) is 0 Å². The van der Waals surface area contributed by atoms with E-state index < -0.39 is 0 Å². The third-order valence-electron chi connectivity index (χ3n) is 3.51. The molecule has 1 atom stereocenters. The van der Waals surface area contributed by atoms with Gasteiger partial charge in [-0.15, -0.1) is 0 Å². The maximum Gasteiger partial charge on any atom is 0.222 e. The highest BCUT2D eigenvalue weighted by Gasteiger charge is 2.18. The topological polar surface area (TPSA) is 41.1 Å². The maximum absolute atomic E-state index is 11.6. The molecule has 0 spiro atoms. The van der Waals surface area contributed by atoms with Crippen LogP contribution in [0.2, 0.25) is 0 Å². The van der Waals surface area contributed by atoms with E-state index in [9.17, 15) is 4.79 Å². The normalized spacial score (nSPS) is 20.2. The van der Waals surface area contributed by atoms with Crippen LogP contribution in [-0.4, -0.2) is 18.5 Å². The van der Waals surface area contributed by atoms with Crippen molar-refractivity contribution in [3.05, 3.63) is 28.8 Å². The fourth-order valence-electron chi connectivity index (χ4n) is 2.71. The molecule has 1 fully saturated rings. The summed E-state index contributed by atoms with van der Waals surface area (Å²) in [5, 5.41) is 6.47. The Hall–Kier alpha value is -1.51. The second kappa shape index (κ2) is 5.42. The third-order valence-corrected chi connectivity index (χ3v) is 3.51. The second-order valence-electron chi connectivity index (χ2n) is 5.31. The molecular formula is C15H22N2O. The number of hydrogen-bond acceptors (Lipinski definition) is 2. The highest BCUT2D eigenvalue weighted by molar-refractivity contribution is 5.77. The van der Waals surface area contributed by atoms with Gasteiger partial charge in [0.2, 0.25) is 5.91 Å². The molecule has 1 saturated heterocycles. The molecule has 1 amide bonds. The average molecular weight is 246 g/mol. The summed E-state index contributed by atoms with van der Waals surface area (Å²) in [5.74, 6) is 0.160. The van der Waals surface area contributed by atoms with Crippen LogP contribution in [0, 0.1) is 20.8 Å². The summed E-state index contributed by atoms with van der Waals surface area (Å²) in [6.45, 7) is 7.17. The van der Waals surface area contributed by atoms with E-state index in [1.165, 1.54) is 22.4 Å². The lowest BCUT2D eigenvalue weighted by Crippen LogP contribution is -2.27. The Kier molecular flexibility index (Phi) is 3.90. The summed E-state index contributed by atoms with van der Waals surface area (Å²) >= 11 is 0. The van der Waals surface area contributed by atoms with Crippen LogP contribution >= 0.6 is 0 Å². The number of hydrogen-bond donors (Lipinski definition) is 2. The maximum atomic E-state index is 11.6. The third kappa shape index (κ3) is 3.03. The fourth-order valence-corrected chi connectivity index (χ4v) is 2.71. The van der Waals surface area contributed by atoms with Crippen molar-refractivity contribution in [2.45, 2.75) is 46.1 Å². The molecule has 2 N–H and O–H groups in total. The molecule has 2 rings (SSSR count). The summed E-state index contributed by atoms with van der Waals surface area (Å²) in [6.07, 6.45) is 2.67. The zero-order valence-corrected chi connectivity index (χ0v) is 11.5. The highest BCUT2D eigenvalue weighted by atomic mass is 16.1. The smallest absolute Gasteiger partial charge is 0.222 e. The molecule has 1 heterocycles. The molecule has 98 valence electrons. The fraction of sp³-hybridized carbons (Fsp3) is 0.533. The summed E-state index contributed by atoms with van der Waals surface area (Å²) in [5.41, 5.74) is 5.00. The van der Waals surface area contributed by atoms with Gasteiger partial charge in [0.25, 0.3) is 0 Å². The lowest BCUT2D eigenvalue weighted by atomic mass is 10.0. The number of rotatable bonds is 2. The molecule has 1 aromatic carbocycles. The van der Waals surface area contributed by atoms with E-state index in [1.807, 2.05) is 0 Å². The monoisotopic (exact) mass is 246 g/mol. The lowest BCUT2D eigenvalue weighted by Gasteiger charge is -2.20. The van der Waals surface area contributed by atoms with Gasteiger partial charge < -0.3 is 10.6 Å². The number of benzene rings is 1. The minimum absolute atomic E-state index is 0.160. The average Bonchev–Trinajstić information content (AvgIpc) is 2.48. The van der Waals surface area contributed by atoms with Crippen molar-refractivity contribution in [1.82, 2.24) is 5.32 Å². The van der Waals surface area contributed by atoms with E-state index in [2.05, 4.69) is 43.5 Å². The highest BCUT2D eigenvalue weighted by Crippen LogP contribution is 2.24. The molecule has 1 aliphatic heterocycles. The summed E-state index contributed by atoms with van der Waals surface area (Å²) in [7, 11) is 0. The second-order valence-corrected chi connectivity index (χ2v) is 5.31. The zero-order chi connectivity index (χ0) is 13.1. The van der Waals surface area contributed by atoms with Crippen molar-refractivity contribution < 1.29 is 4.79 Å². The van der Waals surface area contributed by atoms with E-state index in [4.69, 9.17) is 0 Å². The van der Waals surface area contributed by atoms with Gasteiger partial charge in [0.05, 0.1) is 0 Å². The van der Waals surface area contributed by atoms with E-state index in [0.717, 1.165) is 19.4 Å². The predicted molar refractivity (Wildman–Crippen MR) is 74.9 cm³/mol. The molecule has 18 heavy (non-hydrogen) atoms.